The summed E-state index contributed by atoms with van der Waals surface area (Å²) in [5.74, 6) is -0.315. The van der Waals surface area contributed by atoms with Gasteiger partial charge in [-0.05, 0) is 42.0 Å². The van der Waals surface area contributed by atoms with Crippen LogP contribution in [0.5, 0.6) is 0 Å². The van der Waals surface area contributed by atoms with Gasteiger partial charge in [0.1, 0.15) is 0 Å². The minimum absolute atomic E-state index is 0.137. The molecule has 1 amide bonds. The third-order valence-corrected chi connectivity index (χ3v) is 4.23. The van der Waals surface area contributed by atoms with Gasteiger partial charge >= 0.3 is 0 Å². The number of nitrogens with zero attached hydrogens (tertiary/aromatic N) is 4. The molecule has 29 heavy (non-hydrogen) atoms. The quantitative estimate of drug-likeness (QED) is 0.191. The molecule has 0 saturated carbocycles. The Balaban J connectivity index is 3.20. The molecule has 0 aromatic heterocycles. The number of rotatable bonds is 11. The van der Waals surface area contributed by atoms with Gasteiger partial charge in [-0.15, -0.1) is 6.58 Å². The number of hydrogen-bond acceptors (Lipinski definition) is 6. The average molecular weight is 396 g/mol. The Morgan fingerprint density at radius 3 is 2.69 bits per heavy atom. The number of carbonyl (C=O) groups is 1. The van der Waals surface area contributed by atoms with Crippen LogP contribution in [0.4, 0.5) is 0 Å². The summed E-state index contributed by atoms with van der Waals surface area (Å²) in [7, 11) is 1.58. The van der Waals surface area contributed by atoms with E-state index in [1.165, 1.54) is 0 Å². The number of benzene rings is 1. The van der Waals surface area contributed by atoms with E-state index in [0.29, 0.717) is 24.9 Å². The molecule has 0 heterocycles. The number of hydroxylamine groups is 1. The molecule has 1 rings (SSSR count). The molecule has 0 bridgehead atoms. The van der Waals surface area contributed by atoms with Crippen molar-refractivity contribution >= 4 is 17.7 Å². The normalized spacial score (nSPS) is 13.4. The first-order chi connectivity index (χ1) is 14.0. The highest BCUT2D eigenvalue weighted by atomic mass is 16.5. The molecule has 0 aliphatic heterocycles. The first-order valence-electron chi connectivity index (χ1n) is 9.53. The highest BCUT2D eigenvalue weighted by Gasteiger charge is 2.15. The van der Waals surface area contributed by atoms with E-state index in [1.54, 1.807) is 18.6 Å². The minimum atomic E-state index is -0.463. The Hall–Kier alpha value is -3.11. The Labute approximate surface area is 172 Å². The summed E-state index contributed by atoms with van der Waals surface area (Å²) in [4.78, 5) is 16.1. The van der Waals surface area contributed by atoms with E-state index in [4.69, 9.17) is 10.2 Å². The van der Waals surface area contributed by atoms with Crippen LogP contribution >= 0.6 is 0 Å². The summed E-state index contributed by atoms with van der Waals surface area (Å²) in [6.07, 6.45) is 4.97. The van der Waals surface area contributed by atoms with Crippen molar-refractivity contribution in [3.63, 3.8) is 0 Å². The SMILES string of the molecule is C=CC/C(=C\c1ccccc1C#N)C(=NCC(CCC(=O)NO)N=NC)C(C)C. The largest absolute Gasteiger partial charge is 0.289 e. The minimum Gasteiger partial charge on any atom is -0.289 e. The van der Waals surface area contributed by atoms with Crippen molar-refractivity contribution in [1.82, 2.24) is 5.48 Å². The van der Waals surface area contributed by atoms with Crippen molar-refractivity contribution < 1.29 is 10.0 Å². The van der Waals surface area contributed by atoms with Gasteiger partial charge in [0.05, 0.1) is 24.2 Å². The molecule has 1 aromatic carbocycles. The van der Waals surface area contributed by atoms with Crippen molar-refractivity contribution in [2.24, 2.45) is 21.1 Å². The molecule has 7 heteroatoms. The molecule has 0 aliphatic rings. The van der Waals surface area contributed by atoms with Gasteiger partial charge < -0.3 is 0 Å². The first kappa shape index (κ1) is 23.9. The number of nitriles is 1. The van der Waals surface area contributed by atoms with Gasteiger partial charge in [-0.2, -0.15) is 15.5 Å². The van der Waals surface area contributed by atoms with E-state index >= 15 is 0 Å². The molecule has 154 valence electrons. The second-order valence-electron chi connectivity index (χ2n) is 6.79. The maximum atomic E-state index is 11.3. The smallest absolute Gasteiger partial charge is 0.243 e. The number of hydrogen-bond donors (Lipinski definition) is 2. The van der Waals surface area contributed by atoms with Gasteiger partial charge in [-0.1, -0.05) is 38.1 Å². The van der Waals surface area contributed by atoms with Crippen LogP contribution in [0.3, 0.4) is 0 Å². The zero-order valence-electron chi connectivity index (χ0n) is 17.3. The van der Waals surface area contributed by atoms with Crippen LogP contribution in [-0.2, 0) is 4.79 Å². The van der Waals surface area contributed by atoms with Crippen LogP contribution in [-0.4, -0.2) is 36.5 Å². The predicted octanol–water partition coefficient (Wildman–Crippen LogP) is 4.35. The number of aliphatic imine (C=N–C) groups is 1. The molecule has 7 nitrogen and oxygen atoms in total. The summed E-state index contributed by atoms with van der Waals surface area (Å²) >= 11 is 0. The fourth-order valence-electron chi connectivity index (χ4n) is 2.87. The van der Waals surface area contributed by atoms with Crippen molar-refractivity contribution in [1.29, 1.82) is 5.26 Å². The van der Waals surface area contributed by atoms with Gasteiger partial charge in [-0.25, -0.2) is 5.48 Å². The fraction of sp³-hybridized carbons (Fsp3) is 0.409. The van der Waals surface area contributed by atoms with Crippen molar-refractivity contribution in [2.45, 2.75) is 39.2 Å². The summed E-state index contributed by atoms with van der Waals surface area (Å²) in [5.41, 5.74) is 4.95. The highest BCUT2D eigenvalue weighted by molar-refractivity contribution is 6.05. The van der Waals surface area contributed by atoms with E-state index in [2.05, 4.69) is 36.7 Å². The molecule has 0 saturated heterocycles. The lowest BCUT2D eigenvalue weighted by molar-refractivity contribution is -0.129. The Kier molecular flexibility index (Phi) is 10.8. The Morgan fingerprint density at radius 1 is 1.38 bits per heavy atom. The second-order valence-corrected chi connectivity index (χ2v) is 6.79. The lowest BCUT2D eigenvalue weighted by atomic mass is 9.94. The maximum absolute atomic E-state index is 11.3. The number of azo groups is 1. The van der Waals surface area contributed by atoms with Crippen molar-refractivity contribution in [3.8, 4) is 6.07 Å². The van der Waals surface area contributed by atoms with Crippen LogP contribution in [0.25, 0.3) is 6.08 Å². The Morgan fingerprint density at radius 2 is 2.10 bits per heavy atom. The molecule has 1 unspecified atom stereocenters. The zero-order valence-corrected chi connectivity index (χ0v) is 17.3. The maximum Gasteiger partial charge on any atom is 0.243 e. The molecular formula is C22H29N5O2. The number of allylic oxidation sites excluding steroid dienone is 2. The first-order valence-corrected chi connectivity index (χ1v) is 9.53. The highest BCUT2D eigenvalue weighted by Crippen LogP contribution is 2.20. The predicted molar refractivity (Wildman–Crippen MR) is 115 cm³/mol. The van der Waals surface area contributed by atoms with Gasteiger partial charge in [0.2, 0.25) is 5.91 Å². The topological polar surface area (TPSA) is 110 Å². The molecule has 0 fully saturated rings. The van der Waals surface area contributed by atoms with E-state index in [9.17, 15) is 10.1 Å². The lowest BCUT2D eigenvalue weighted by Crippen LogP contribution is -2.21. The summed E-state index contributed by atoms with van der Waals surface area (Å²) < 4.78 is 0. The summed E-state index contributed by atoms with van der Waals surface area (Å²) in [6, 6.07) is 9.38. The molecule has 0 radical (unpaired) electrons. The van der Waals surface area contributed by atoms with E-state index < -0.39 is 5.91 Å². The van der Waals surface area contributed by atoms with Gasteiger partial charge in [0.25, 0.3) is 0 Å². The summed E-state index contributed by atoms with van der Waals surface area (Å²) in [5, 5.41) is 26.0. The van der Waals surface area contributed by atoms with Crippen molar-refractivity contribution in [2.75, 3.05) is 13.6 Å². The third kappa shape index (κ3) is 8.20. The fourth-order valence-corrected chi connectivity index (χ4v) is 2.87. The standard InChI is InChI=1S/C22H29N5O2/c1-5-8-18(13-17-9-6-7-10-19(17)14-23)22(16(2)3)25-15-20(26-24-4)11-12-21(28)27-29/h5-7,9-10,13,16,20,29H,1,8,11-12,15H2,2-4H3,(H,27,28)/b18-13+,25-22?,26-24?. The van der Waals surface area contributed by atoms with Crippen LogP contribution in [0.1, 0.15) is 44.2 Å². The second kappa shape index (κ2) is 13.1. The van der Waals surface area contributed by atoms with Gasteiger partial charge in [-0.3, -0.25) is 15.0 Å². The third-order valence-electron chi connectivity index (χ3n) is 4.23. The molecular weight excluding hydrogens is 366 g/mol. The van der Waals surface area contributed by atoms with Gasteiger partial charge in [0, 0.05) is 19.2 Å². The average Bonchev–Trinajstić information content (AvgIpc) is 2.71. The monoisotopic (exact) mass is 395 g/mol. The number of amides is 1. The molecule has 1 atom stereocenters. The van der Waals surface area contributed by atoms with E-state index in [-0.39, 0.29) is 18.4 Å². The lowest BCUT2D eigenvalue weighted by Gasteiger charge is -2.16. The van der Waals surface area contributed by atoms with Crippen LogP contribution in [0.15, 0.2) is 57.7 Å². The van der Waals surface area contributed by atoms with Crippen LogP contribution in [0.2, 0.25) is 0 Å². The van der Waals surface area contributed by atoms with Crippen LogP contribution < -0.4 is 5.48 Å². The van der Waals surface area contributed by atoms with E-state index in [0.717, 1.165) is 16.8 Å². The number of nitrogens with one attached hydrogen (secondary N) is 1. The molecule has 0 spiro atoms. The molecule has 0 aliphatic carbocycles. The zero-order chi connectivity index (χ0) is 21.6. The van der Waals surface area contributed by atoms with E-state index in [1.807, 2.05) is 30.4 Å². The molecule has 2 N–H and O–H groups in total. The summed E-state index contributed by atoms with van der Waals surface area (Å²) in [6.45, 7) is 8.33. The Bertz CT molecular complexity index is 819. The van der Waals surface area contributed by atoms with Crippen LogP contribution in [0, 0.1) is 17.2 Å². The molecule has 1 aromatic rings. The van der Waals surface area contributed by atoms with Crippen molar-refractivity contribution in [3.05, 3.63) is 53.6 Å². The van der Waals surface area contributed by atoms with Gasteiger partial charge in [0.15, 0.2) is 0 Å². The number of carbonyl (C=O) groups excluding carboxylic acids is 1.